The van der Waals surface area contributed by atoms with E-state index in [4.69, 9.17) is 9.47 Å². The quantitative estimate of drug-likeness (QED) is 0.924. The van der Waals surface area contributed by atoms with E-state index >= 15 is 0 Å². The van der Waals surface area contributed by atoms with Gasteiger partial charge in [0.1, 0.15) is 0 Å². The van der Waals surface area contributed by atoms with Crippen LogP contribution in [0.2, 0.25) is 0 Å². The molecule has 0 radical (unpaired) electrons. The molecule has 1 amide bonds. The number of nitrogens with zero attached hydrogens (tertiary/aromatic N) is 3. The van der Waals surface area contributed by atoms with Gasteiger partial charge in [-0.05, 0) is 12.5 Å². The van der Waals surface area contributed by atoms with Crippen LogP contribution in [0.5, 0.6) is 11.6 Å². The monoisotopic (exact) mass is 302 g/mol. The number of hydrogen-bond donors (Lipinski definition) is 1. The highest BCUT2D eigenvalue weighted by Crippen LogP contribution is 2.33. The molecule has 0 bridgehead atoms. The first-order valence-electron chi connectivity index (χ1n) is 7.10. The average Bonchev–Trinajstić information content (AvgIpc) is 3.23. The molecule has 1 N–H and O–H groups in total. The topological polar surface area (TPSA) is 80.3 Å². The van der Waals surface area contributed by atoms with Crippen molar-refractivity contribution in [3.63, 3.8) is 0 Å². The summed E-state index contributed by atoms with van der Waals surface area (Å²) in [5.74, 6) is 1.22. The Hall–Kier alpha value is -2.57. The van der Waals surface area contributed by atoms with Crippen molar-refractivity contribution >= 4 is 5.91 Å². The highest BCUT2D eigenvalue weighted by molar-refractivity contribution is 5.95. The maximum atomic E-state index is 12.5. The molecule has 1 saturated heterocycles. The van der Waals surface area contributed by atoms with Crippen LogP contribution in [0.15, 0.2) is 24.5 Å². The Bertz CT molecular complexity index is 670. The van der Waals surface area contributed by atoms with Gasteiger partial charge in [0, 0.05) is 30.8 Å². The number of aromatic amines is 1. The Morgan fingerprint density at radius 1 is 1.41 bits per heavy atom. The molecule has 0 saturated carbocycles. The fraction of sp³-hybridized carbons (Fsp3) is 0.400. The molecule has 3 rings (SSSR count). The van der Waals surface area contributed by atoms with Crippen LogP contribution < -0.4 is 9.47 Å². The number of carbonyl (C=O) groups excluding carboxylic acids is 1. The molecule has 0 aromatic carbocycles. The van der Waals surface area contributed by atoms with Crippen molar-refractivity contribution in [1.29, 1.82) is 0 Å². The van der Waals surface area contributed by atoms with E-state index < -0.39 is 0 Å². The molecule has 0 spiro atoms. The van der Waals surface area contributed by atoms with Gasteiger partial charge in [-0.15, -0.1) is 0 Å². The second kappa shape index (κ2) is 6.05. The van der Waals surface area contributed by atoms with E-state index in [0.717, 1.165) is 12.0 Å². The number of H-pyrrole nitrogens is 1. The highest BCUT2D eigenvalue weighted by Gasteiger charge is 2.31. The first kappa shape index (κ1) is 14.4. The maximum Gasteiger partial charge on any atom is 0.275 e. The van der Waals surface area contributed by atoms with Crippen LogP contribution in [0.1, 0.15) is 28.4 Å². The molecule has 1 unspecified atom stereocenters. The smallest absolute Gasteiger partial charge is 0.275 e. The lowest BCUT2D eigenvalue weighted by molar-refractivity contribution is 0.0781. The van der Waals surface area contributed by atoms with Crippen molar-refractivity contribution in [3.8, 4) is 11.6 Å². The van der Waals surface area contributed by atoms with Crippen molar-refractivity contribution in [1.82, 2.24) is 20.1 Å². The SMILES string of the molecule is COc1cn[nH]c1C(=O)N1CCC(c2cccnc2OC)C1. The standard InChI is InChI=1S/C15H18N4O3/c1-21-12-8-17-18-13(12)15(20)19-7-5-10(9-19)11-4-3-6-16-14(11)22-2/h3-4,6,8,10H,5,7,9H2,1-2H3,(H,17,18). The number of amides is 1. The molecule has 2 aromatic heterocycles. The van der Waals surface area contributed by atoms with Crippen molar-refractivity contribution in [2.24, 2.45) is 0 Å². The first-order chi connectivity index (χ1) is 10.7. The molecule has 1 atom stereocenters. The normalized spacial score (nSPS) is 17.5. The average molecular weight is 302 g/mol. The molecule has 7 nitrogen and oxygen atoms in total. The first-order valence-corrected chi connectivity index (χ1v) is 7.10. The summed E-state index contributed by atoms with van der Waals surface area (Å²) < 4.78 is 10.5. The Kier molecular flexibility index (Phi) is 3.95. The second-order valence-electron chi connectivity index (χ2n) is 5.15. The maximum absolute atomic E-state index is 12.5. The Morgan fingerprint density at radius 3 is 3.05 bits per heavy atom. The third-order valence-electron chi connectivity index (χ3n) is 3.95. The van der Waals surface area contributed by atoms with E-state index in [1.165, 1.54) is 13.3 Å². The summed E-state index contributed by atoms with van der Waals surface area (Å²) in [6, 6.07) is 3.89. The van der Waals surface area contributed by atoms with Crippen LogP contribution in [0, 0.1) is 0 Å². The van der Waals surface area contributed by atoms with Crippen molar-refractivity contribution in [2.45, 2.75) is 12.3 Å². The summed E-state index contributed by atoms with van der Waals surface area (Å²) in [7, 11) is 3.13. The number of pyridine rings is 1. The van der Waals surface area contributed by atoms with Crippen LogP contribution >= 0.6 is 0 Å². The predicted molar refractivity (Wildman–Crippen MR) is 79.2 cm³/mol. The predicted octanol–water partition coefficient (Wildman–Crippen LogP) is 1.45. The molecule has 116 valence electrons. The lowest BCUT2D eigenvalue weighted by Crippen LogP contribution is -2.29. The number of aromatic nitrogens is 3. The molecular weight excluding hydrogens is 284 g/mol. The zero-order valence-corrected chi connectivity index (χ0v) is 12.6. The minimum atomic E-state index is -0.0975. The molecule has 22 heavy (non-hydrogen) atoms. The minimum absolute atomic E-state index is 0.0975. The largest absolute Gasteiger partial charge is 0.493 e. The third-order valence-corrected chi connectivity index (χ3v) is 3.95. The van der Waals surface area contributed by atoms with Crippen molar-refractivity contribution < 1.29 is 14.3 Å². The fourth-order valence-corrected chi connectivity index (χ4v) is 2.82. The van der Waals surface area contributed by atoms with Crippen LogP contribution in [0.3, 0.4) is 0 Å². The molecule has 2 aromatic rings. The number of nitrogens with one attached hydrogen (secondary N) is 1. The Labute approximate surface area is 128 Å². The van der Waals surface area contributed by atoms with Gasteiger partial charge in [-0.1, -0.05) is 6.07 Å². The number of hydrogen-bond acceptors (Lipinski definition) is 5. The van der Waals surface area contributed by atoms with Gasteiger partial charge in [-0.25, -0.2) is 4.98 Å². The summed E-state index contributed by atoms with van der Waals surface area (Å²) in [6.07, 6.45) is 4.09. The van der Waals surface area contributed by atoms with Crippen LogP contribution in [-0.2, 0) is 0 Å². The van der Waals surface area contributed by atoms with Gasteiger partial charge in [0.25, 0.3) is 5.91 Å². The van der Waals surface area contributed by atoms with E-state index in [1.807, 2.05) is 12.1 Å². The highest BCUT2D eigenvalue weighted by atomic mass is 16.5. The summed E-state index contributed by atoms with van der Waals surface area (Å²) in [5.41, 5.74) is 1.43. The minimum Gasteiger partial charge on any atom is -0.493 e. The lowest BCUT2D eigenvalue weighted by atomic mass is 10.00. The van der Waals surface area contributed by atoms with Crippen molar-refractivity contribution in [2.75, 3.05) is 27.3 Å². The van der Waals surface area contributed by atoms with Gasteiger partial charge < -0.3 is 14.4 Å². The van der Waals surface area contributed by atoms with E-state index in [1.54, 1.807) is 18.2 Å². The number of methoxy groups -OCH3 is 2. The molecule has 3 heterocycles. The second-order valence-corrected chi connectivity index (χ2v) is 5.15. The van der Waals surface area contributed by atoms with Gasteiger partial charge in [0.15, 0.2) is 11.4 Å². The van der Waals surface area contributed by atoms with Gasteiger partial charge in [-0.2, -0.15) is 5.10 Å². The van der Waals surface area contributed by atoms with Gasteiger partial charge in [0.2, 0.25) is 5.88 Å². The molecule has 0 aliphatic carbocycles. The van der Waals surface area contributed by atoms with Crippen molar-refractivity contribution in [3.05, 3.63) is 35.8 Å². The van der Waals surface area contributed by atoms with E-state index in [0.29, 0.717) is 30.4 Å². The van der Waals surface area contributed by atoms with Gasteiger partial charge in [-0.3, -0.25) is 9.89 Å². The number of carbonyl (C=O) groups is 1. The summed E-state index contributed by atoms with van der Waals surface area (Å²) in [6.45, 7) is 1.31. The van der Waals surface area contributed by atoms with E-state index in [2.05, 4.69) is 15.2 Å². The zero-order chi connectivity index (χ0) is 15.5. The van der Waals surface area contributed by atoms with Crippen LogP contribution in [-0.4, -0.2) is 53.3 Å². The summed E-state index contributed by atoms with van der Waals surface area (Å²) in [4.78, 5) is 18.6. The van der Waals surface area contributed by atoms with Crippen LogP contribution in [0.25, 0.3) is 0 Å². The van der Waals surface area contributed by atoms with Gasteiger partial charge >= 0.3 is 0 Å². The summed E-state index contributed by atoms with van der Waals surface area (Å²) in [5, 5.41) is 6.57. The van der Waals surface area contributed by atoms with E-state index in [9.17, 15) is 4.79 Å². The van der Waals surface area contributed by atoms with Crippen LogP contribution in [0.4, 0.5) is 0 Å². The molecule has 7 heteroatoms. The number of rotatable bonds is 4. The third kappa shape index (κ3) is 2.49. The molecule has 1 aliphatic heterocycles. The number of likely N-dealkylation sites (tertiary alicyclic amines) is 1. The van der Waals surface area contributed by atoms with Gasteiger partial charge in [0.05, 0.1) is 20.4 Å². The molecule has 1 fully saturated rings. The molecular formula is C15H18N4O3. The Balaban J connectivity index is 1.76. The number of ether oxygens (including phenoxy) is 2. The van der Waals surface area contributed by atoms with E-state index in [-0.39, 0.29) is 11.8 Å². The summed E-state index contributed by atoms with van der Waals surface area (Å²) >= 11 is 0. The zero-order valence-electron chi connectivity index (χ0n) is 12.6. The fourth-order valence-electron chi connectivity index (χ4n) is 2.82. The Morgan fingerprint density at radius 2 is 2.27 bits per heavy atom. The lowest BCUT2D eigenvalue weighted by Gasteiger charge is -2.17. The molecule has 1 aliphatic rings.